The average Bonchev–Trinajstić information content (AvgIpc) is 2.84. The number of nitrogens with zero attached hydrogens (tertiary/aromatic N) is 1. The number of nitrogens with one attached hydrogen (secondary N) is 4. The number of piperazine rings is 1. The fraction of sp³-hybridized carbons (Fsp3) is 0.615. The van der Waals surface area contributed by atoms with E-state index in [9.17, 15) is 0 Å². The summed E-state index contributed by atoms with van der Waals surface area (Å²) < 4.78 is 6.85. The Hall–Kier alpha value is -1.54. The van der Waals surface area contributed by atoms with Crippen LogP contribution in [0.25, 0.3) is 0 Å². The molecular formula is C26H44N5O+. The van der Waals surface area contributed by atoms with Gasteiger partial charge in [-0.25, -0.2) is 4.59 Å². The number of allylic oxidation sites excluding steroid dienone is 2. The summed E-state index contributed by atoms with van der Waals surface area (Å²) in [5, 5.41) is 10.8. The molecule has 178 valence electrons. The summed E-state index contributed by atoms with van der Waals surface area (Å²) in [5.41, 5.74) is 6.30. The third-order valence-electron chi connectivity index (χ3n) is 6.89. The van der Waals surface area contributed by atoms with Crippen LogP contribution in [0.2, 0.25) is 0 Å². The van der Waals surface area contributed by atoms with Gasteiger partial charge < -0.3 is 20.7 Å². The van der Waals surface area contributed by atoms with Crippen LogP contribution in [0, 0.1) is 0 Å². The monoisotopic (exact) mass is 442 g/mol. The van der Waals surface area contributed by atoms with Gasteiger partial charge >= 0.3 is 0 Å². The third kappa shape index (κ3) is 6.07. The number of hydrogen-bond acceptors (Lipinski definition) is 5. The Morgan fingerprint density at radius 2 is 1.72 bits per heavy atom. The van der Waals surface area contributed by atoms with Crippen molar-refractivity contribution >= 4 is 0 Å². The van der Waals surface area contributed by atoms with Crippen molar-refractivity contribution in [2.75, 3.05) is 46.4 Å². The first-order valence-corrected chi connectivity index (χ1v) is 12.4. The number of methoxy groups -OCH3 is 1. The van der Waals surface area contributed by atoms with E-state index in [1.807, 2.05) is 0 Å². The van der Waals surface area contributed by atoms with E-state index in [2.05, 4.69) is 90.7 Å². The van der Waals surface area contributed by atoms with Crippen molar-refractivity contribution in [3.05, 3.63) is 59.7 Å². The highest BCUT2D eigenvalue weighted by Gasteiger charge is 2.35. The third-order valence-corrected chi connectivity index (χ3v) is 6.89. The van der Waals surface area contributed by atoms with Crippen LogP contribution in [-0.2, 0) is 16.9 Å². The Morgan fingerprint density at radius 3 is 2.25 bits per heavy atom. The van der Waals surface area contributed by atoms with E-state index < -0.39 is 0 Å². The molecule has 3 rings (SSSR count). The molecule has 1 aliphatic carbocycles. The molecule has 2 atom stereocenters. The molecule has 2 unspecified atom stereocenters. The second-order valence-electron chi connectivity index (χ2n) is 9.02. The fourth-order valence-corrected chi connectivity index (χ4v) is 5.03. The lowest BCUT2D eigenvalue weighted by molar-refractivity contribution is -0.986. The zero-order valence-electron chi connectivity index (χ0n) is 20.5. The van der Waals surface area contributed by atoms with Crippen LogP contribution in [0.15, 0.2) is 48.6 Å². The second-order valence-corrected chi connectivity index (χ2v) is 9.02. The minimum atomic E-state index is -0.342. The van der Waals surface area contributed by atoms with Gasteiger partial charge in [0.05, 0.1) is 12.2 Å². The van der Waals surface area contributed by atoms with Gasteiger partial charge in [-0.3, -0.25) is 0 Å². The molecule has 0 bridgehead atoms. The van der Waals surface area contributed by atoms with Crippen molar-refractivity contribution in [2.45, 2.75) is 58.0 Å². The lowest BCUT2D eigenvalue weighted by Crippen LogP contribution is -2.71. The summed E-state index contributed by atoms with van der Waals surface area (Å²) in [6, 6.07) is 9.44. The Labute approximate surface area is 195 Å². The summed E-state index contributed by atoms with van der Waals surface area (Å²) in [5.74, 6) is 0. The number of likely N-dealkylation sites (N-methyl/N-ethyl adjacent to an activating group) is 2. The van der Waals surface area contributed by atoms with Gasteiger partial charge in [-0.15, -0.1) is 0 Å². The van der Waals surface area contributed by atoms with Gasteiger partial charge in [-0.05, 0) is 31.1 Å². The molecule has 1 fully saturated rings. The van der Waals surface area contributed by atoms with Crippen LogP contribution in [0.1, 0.15) is 44.7 Å². The van der Waals surface area contributed by atoms with E-state index >= 15 is 0 Å². The number of ether oxygens (including phenoxy) is 1. The van der Waals surface area contributed by atoms with Crippen molar-refractivity contribution in [2.24, 2.45) is 0 Å². The topological polar surface area (TPSA) is 57.3 Å². The molecular weight excluding hydrogens is 398 g/mol. The van der Waals surface area contributed by atoms with Crippen molar-refractivity contribution in [1.82, 2.24) is 21.4 Å². The highest BCUT2D eigenvalue weighted by molar-refractivity contribution is 5.34. The predicted molar refractivity (Wildman–Crippen MR) is 133 cm³/mol. The van der Waals surface area contributed by atoms with Crippen LogP contribution >= 0.6 is 0 Å². The van der Waals surface area contributed by atoms with Gasteiger partial charge in [0.15, 0.2) is 0 Å². The molecule has 6 heteroatoms. The molecule has 2 aliphatic rings. The van der Waals surface area contributed by atoms with Crippen molar-refractivity contribution < 1.29 is 9.33 Å². The summed E-state index contributed by atoms with van der Waals surface area (Å²) in [6.07, 6.45) is 10.7. The molecule has 1 heterocycles. The van der Waals surface area contributed by atoms with Gasteiger partial charge in [0.25, 0.3) is 0 Å². The smallest absolute Gasteiger partial charge is 0.122 e. The van der Waals surface area contributed by atoms with E-state index in [-0.39, 0.29) is 11.8 Å². The van der Waals surface area contributed by atoms with Gasteiger partial charge in [-0.2, -0.15) is 5.43 Å². The Bertz CT molecular complexity index is 735. The van der Waals surface area contributed by atoms with Crippen molar-refractivity contribution in [3.8, 4) is 0 Å². The molecule has 0 aromatic heterocycles. The van der Waals surface area contributed by atoms with Gasteiger partial charge in [0, 0.05) is 32.2 Å². The molecule has 32 heavy (non-hydrogen) atoms. The zero-order chi connectivity index (χ0) is 22.9. The number of hydrogen-bond donors (Lipinski definition) is 4. The van der Waals surface area contributed by atoms with Crippen molar-refractivity contribution in [1.29, 1.82) is 0 Å². The molecule has 6 nitrogen and oxygen atoms in total. The first kappa shape index (κ1) is 25.1. The summed E-state index contributed by atoms with van der Waals surface area (Å²) in [7, 11) is 1.80. The van der Waals surface area contributed by atoms with Gasteiger partial charge in [0.2, 0.25) is 0 Å². The Kier molecular flexibility index (Phi) is 9.46. The molecule has 4 N–H and O–H groups in total. The molecule has 1 aliphatic heterocycles. The van der Waals surface area contributed by atoms with E-state index in [1.165, 1.54) is 11.1 Å². The van der Waals surface area contributed by atoms with Crippen LogP contribution in [0.5, 0.6) is 0 Å². The quantitative estimate of drug-likeness (QED) is 0.296. The largest absolute Gasteiger partial charge is 0.369 e. The highest BCUT2D eigenvalue weighted by Crippen LogP contribution is 2.33. The first-order valence-electron chi connectivity index (χ1n) is 12.4. The lowest BCUT2D eigenvalue weighted by atomic mass is 9.87. The first-order chi connectivity index (χ1) is 15.6. The van der Waals surface area contributed by atoms with Crippen LogP contribution < -0.4 is 21.4 Å². The van der Waals surface area contributed by atoms with Crippen LogP contribution in [0.3, 0.4) is 0 Å². The number of rotatable bonds is 12. The van der Waals surface area contributed by atoms with Crippen molar-refractivity contribution in [3.63, 3.8) is 0 Å². The molecule has 0 spiro atoms. The molecule has 1 aromatic carbocycles. The summed E-state index contributed by atoms with van der Waals surface area (Å²) in [4.78, 5) is 0. The van der Waals surface area contributed by atoms with E-state index in [4.69, 9.17) is 4.74 Å². The summed E-state index contributed by atoms with van der Waals surface area (Å²) >= 11 is 0. The molecule has 0 amide bonds. The average molecular weight is 443 g/mol. The maximum atomic E-state index is 5.94. The minimum Gasteiger partial charge on any atom is -0.369 e. The predicted octanol–water partition coefficient (Wildman–Crippen LogP) is 2.79. The van der Waals surface area contributed by atoms with E-state index in [1.54, 1.807) is 7.11 Å². The van der Waals surface area contributed by atoms with Gasteiger partial charge in [0.1, 0.15) is 25.2 Å². The normalized spacial score (nSPS) is 23.5. The Balaban J connectivity index is 1.77. The van der Waals surface area contributed by atoms with E-state index in [0.717, 1.165) is 63.2 Å². The zero-order valence-corrected chi connectivity index (χ0v) is 20.5. The SMILES string of the molecule is CCNC(NCC)C(CC)N[N+]1(Cc2ccc(C3(OC)C=CC=CC3)cc2)CCNCC1. The number of quaternary nitrogens is 1. The molecule has 1 saturated heterocycles. The lowest BCUT2D eigenvalue weighted by Gasteiger charge is -2.45. The second kappa shape index (κ2) is 12.1. The highest BCUT2D eigenvalue weighted by atomic mass is 16.5. The van der Waals surface area contributed by atoms with E-state index in [0.29, 0.717) is 6.04 Å². The van der Waals surface area contributed by atoms with Gasteiger partial charge in [-0.1, -0.05) is 63.3 Å². The molecule has 1 aromatic rings. The minimum absolute atomic E-state index is 0.273. The maximum Gasteiger partial charge on any atom is 0.122 e. The summed E-state index contributed by atoms with van der Waals surface area (Å²) in [6.45, 7) is 13.8. The maximum absolute atomic E-state index is 5.94. The van der Waals surface area contributed by atoms with Crippen LogP contribution in [-0.4, -0.2) is 63.2 Å². The standard InChI is InChI=1S/C26H44N5O/c1-5-24(25(28-6-2)29-7-3)30-31(19-17-27-18-20-31)21-22-11-13-23(14-12-22)26(32-4)15-9-8-10-16-26/h8-15,24-25,27-30H,5-7,16-21H2,1-4H3/q+1. The van der Waals surface area contributed by atoms with Crippen LogP contribution in [0.4, 0.5) is 0 Å². The fourth-order valence-electron chi connectivity index (χ4n) is 5.03. The number of benzene rings is 1. The molecule has 0 radical (unpaired) electrons. The molecule has 0 saturated carbocycles. The Morgan fingerprint density at radius 1 is 1.03 bits per heavy atom.